The summed E-state index contributed by atoms with van der Waals surface area (Å²) in [6.45, 7) is 3.10. The predicted octanol–water partition coefficient (Wildman–Crippen LogP) is 0.295. The van der Waals surface area contributed by atoms with Gasteiger partial charge in [-0.15, -0.1) is 0 Å². The van der Waals surface area contributed by atoms with Gasteiger partial charge < -0.3 is 62.5 Å². The molecule has 60 heavy (non-hydrogen) atoms. The van der Waals surface area contributed by atoms with Crippen molar-refractivity contribution in [1.82, 2.24) is 20.2 Å². The second-order valence-corrected chi connectivity index (χ2v) is 16.1. The number of guanidine groups is 1. The number of hydrogen-bond donors (Lipinski definition) is 10. The van der Waals surface area contributed by atoms with Crippen LogP contribution in [0.25, 0.3) is 0 Å². The number of rotatable bonds is 32. The summed E-state index contributed by atoms with van der Waals surface area (Å²) in [5.74, 6) is -0.510. The van der Waals surface area contributed by atoms with Crippen molar-refractivity contribution >= 4 is 17.6 Å². The number of carbonyl (C=O) groups is 2. The van der Waals surface area contributed by atoms with E-state index in [9.17, 15) is 39.6 Å². The normalized spacial score (nSPS) is 25.0. The molecule has 344 valence electrons. The molecule has 3 rings (SSSR count). The van der Waals surface area contributed by atoms with E-state index >= 15 is 0 Å². The summed E-state index contributed by atoms with van der Waals surface area (Å²) in [6, 6.07) is -0.177. The lowest BCUT2D eigenvalue weighted by atomic mass is 9.93. The number of aromatic nitrogens is 2. The van der Waals surface area contributed by atoms with Crippen molar-refractivity contribution in [1.29, 1.82) is 0 Å². The van der Waals surface area contributed by atoms with E-state index in [0.29, 0.717) is 38.8 Å². The molecule has 3 heterocycles. The highest BCUT2D eigenvalue weighted by Gasteiger charge is 2.53. The number of ether oxygens (including phenoxy) is 3. The number of Topliss-reactive ketones (excluding diaryl/α,β-unsaturated/α-hetero) is 1. The van der Waals surface area contributed by atoms with E-state index in [1.54, 1.807) is 0 Å². The minimum atomic E-state index is -1.73. The lowest BCUT2D eigenvalue weighted by Gasteiger charge is -2.35. The average Bonchev–Trinajstić information content (AvgIpc) is 3.66. The zero-order valence-corrected chi connectivity index (χ0v) is 35.5. The van der Waals surface area contributed by atoms with Crippen molar-refractivity contribution < 1.29 is 44.2 Å². The smallest absolute Gasteiger partial charge is 0.330 e. The maximum Gasteiger partial charge on any atom is 0.330 e. The van der Waals surface area contributed by atoms with Crippen molar-refractivity contribution in [3.05, 3.63) is 33.1 Å². The second-order valence-electron chi connectivity index (χ2n) is 16.1. The third-order valence-corrected chi connectivity index (χ3v) is 11.2. The molecule has 2 saturated heterocycles. The zero-order chi connectivity index (χ0) is 43.9. The summed E-state index contributed by atoms with van der Waals surface area (Å²) in [5.41, 5.74) is 14.8. The molecule has 13 N–H and O–H groups in total. The van der Waals surface area contributed by atoms with Gasteiger partial charge in [-0.3, -0.25) is 28.9 Å². The van der Waals surface area contributed by atoms with Crippen LogP contribution in [0.2, 0.25) is 0 Å². The first-order valence-electron chi connectivity index (χ1n) is 22.2. The van der Waals surface area contributed by atoms with Crippen LogP contribution in [-0.4, -0.2) is 129 Å². The summed E-state index contributed by atoms with van der Waals surface area (Å²) < 4.78 is 18.9. The number of aromatic amines is 1. The average molecular weight is 855 g/mol. The van der Waals surface area contributed by atoms with Crippen molar-refractivity contribution in [2.75, 3.05) is 26.2 Å². The first-order chi connectivity index (χ1) is 28.9. The molecule has 0 spiro atoms. The van der Waals surface area contributed by atoms with Crippen LogP contribution in [0.4, 0.5) is 0 Å². The highest BCUT2D eigenvalue weighted by Crippen LogP contribution is 2.35. The number of nitrogens with two attached hydrogens (primary N) is 3. The number of carbonyl (C=O) groups excluding carboxylic acids is 2. The number of aliphatic imine (C=N–C) groups is 1. The number of aliphatic hydroxyl groups is 4. The fraction of sp³-hybridized carbons (Fsp3) is 0.829. The van der Waals surface area contributed by atoms with Crippen LogP contribution < -0.4 is 39.1 Å². The number of amides is 1. The number of nitrogens with zero attached hydrogens (tertiary/aromatic N) is 2. The van der Waals surface area contributed by atoms with Gasteiger partial charge >= 0.3 is 5.69 Å². The van der Waals surface area contributed by atoms with Crippen molar-refractivity contribution in [2.24, 2.45) is 22.2 Å². The van der Waals surface area contributed by atoms with E-state index in [0.717, 1.165) is 42.5 Å². The summed E-state index contributed by atoms with van der Waals surface area (Å²) in [4.78, 5) is 57.3. The fourth-order valence-corrected chi connectivity index (χ4v) is 7.67. The molecule has 2 aliphatic heterocycles. The van der Waals surface area contributed by atoms with Crippen LogP contribution in [0.5, 0.6) is 0 Å². The summed E-state index contributed by atoms with van der Waals surface area (Å²) in [6.07, 6.45) is 5.60. The Bertz CT molecular complexity index is 1530. The standard InChI is InChI=1S/C41H74N8O11/c1-2-3-4-5-6-7-8-9-10-11-12-13-14-15-19-27(50)31(46-24-18-20-29(51)45-22-16-17-23-47-40(43)44)36(60-39-35(56)32(53)28(26-42)58-39)37-33(54)34(55)38(59-37)49-25-21-30(52)48-41(49)57/h21,25,28,31-39,46,53-56H,2-20,22-24,26,42H2,1H3,(H,45,51)(H4,43,44,47)(H,48,52,57)/t28-,31+,32-,33+,34-,35-,36+,37+,38-,39+/m1/s1. The van der Waals surface area contributed by atoms with Gasteiger partial charge in [-0.1, -0.05) is 90.4 Å². The molecular formula is C41H74N8O11. The maximum absolute atomic E-state index is 14.2. The summed E-state index contributed by atoms with van der Waals surface area (Å²) >= 11 is 0. The van der Waals surface area contributed by atoms with E-state index < -0.39 is 72.5 Å². The Labute approximate surface area is 353 Å². The van der Waals surface area contributed by atoms with Crippen LogP contribution in [0, 0.1) is 0 Å². The molecule has 0 radical (unpaired) electrons. The Morgan fingerprint density at radius 1 is 0.817 bits per heavy atom. The van der Waals surface area contributed by atoms with Gasteiger partial charge in [0, 0.05) is 44.7 Å². The maximum atomic E-state index is 14.2. The van der Waals surface area contributed by atoms with E-state index in [1.165, 1.54) is 57.8 Å². The molecule has 0 aromatic carbocycles. The summed E-state index contributed by atoms with van der Waals surface area (Å²) in [7, 11) is 0. The number of aliphatic hydroxyl groups excluding tert-OH is 4. The van der Waals surface area contributed by atoms with Gasteiger partial charge in [-0.2, -0.15) is 0 Å². The molecule has 19 heteroatoms. The number of unbranched alkanes of at least 4 members (excludes halogenated alkanes) is 14. The van der Waals surface area contributed by atoms with Gasteiger partial charge in [-0.05, 0) is 32.2 Å². The Hall–Kier alpha value is -3.27. The fourth-order valence-electron chi connectivity index (χ4n) is 7.67. The number of nitrogens with one attached hydrogen (secondary N) is 3. The van der Waals surface area contributed by atoms with E-state index in [2.05, 4.69) is 27.5 Å². The Morgan fingerprint density at radius 3 is 2.03 bits per heavy atom. The first kappa shape index (κ1) is 51.1. The molecule has 19 nitrogen and oxygen atoms in total. The van der Waals surface area contributed by atoms with E-state index in [4.69, 9.17) is 31.4 Å². The van der Waals surface area contributed by atoms with Gasteiger partial charge in [0.25, 0.3) is 5.56 Å². The van der Waals surface area contributed by atoms with Crippen molar-refractivity contribution in [2.45, 2.75) is 190 Å². The molecule has 1 aromatic rings. The van der Waals surface area contributed by atoms with Gasteiger partial charge in [-0.25, -0.2) is 4.79 Å². The van der Waals surface area contributed by atoms with Crippen molar-refractivity contribution in [3.63, 3.8) is 0 Å². The third kappa shape index (κ3) is 17.2. The van der Waals surface area contributed by atoms with Gasteiger partial charge in [0.15, 0.2) is 24.3 Å². The molecule has 1 amide bonds. The first-order valence-corrected chi connectivity index (χ1v) is 22.2. The van der Waals surface area contributed by atoms with Crippen LogP contribution in [0.1, 0.15) is 135 Å². The van der Waals surface area contributed by atoms with Gasteiger partial charge in [0.05, 0.1) is 6.04 Å². The number of hydrogen-bond acceptors (Lipinski definition) is 14. The molecule has 2 fully saturated rings. The van der Waals surface area contributed by atoms with Crippen molar-refractivity contribution in [3.8, 4) is 0 Å². The molecule has 2 aliphatic rings. The minimum Gasteiger partial charge on any atom is -0.387 e. The highest BCUT2D eigenvalue weighted by molar-refractivity contribution is 5.84. The minimum absolute atomic E-state index is 0.00841. The van der Waals surface area contributed by atoms with Gasteiger partial charge in [0.1, 0.15) is 42.7 Å². The molecule has 0 aliphatic carbocycles. The van der Waals surface area contributed by atoms with Crippen LogP contribution in [0.3, 0.4) is 0 Å². The number of H-pyrrole nitrogens is 1. The van der Waals surface area contributed by atoms with E-state index in [-0.39, 0.29) is 43.6 Å². The largest absolute Gasteiger partial charge is 0.387 e. The Morgan fingerprint density at radius 2 is 1.45 bits per heavy atom. The molecule has 0 unspecified atom stereocenters. The Kier molecular flexibility index (Phi) is 24.1. The molecular weight excluding hydrogens is 780 g/mol. The third-order valence-electron chi connectivity index (χ3n) is 11.2. The predicted molar refractivity (Wildman–Crippen MR) is 226 cm³/mol. The number of ketones is 1. The molecule has 1 aromatic heterocycles. The van der Waals surface area contributed by atoms with E-state index in [1.807, 2.05) is 0 Å². The zero-order valence-electron chi connectivity index (χ0n) is 35.5. The lowest BCUT2D eigenvalue weighted by molar-refractivity contribution is -0.226. The Balaban J connectivity index is 1.70. The monoisotopic (exact) mass is 855 g/mol. The second kappa shape index (κ2) is 28.4. The lowest BCUT2D eigenvalue weighted by Crippen LogP contribution is -2.57. The molecule has 0 bridgehead atoms. The van der Waals surface area contributed by atoms with Crippen LogP contribution in [0.15, 0.2) is 26.8 Å². The quantitative estimate of drug-likeness (QED) is 0.0265. The van der Waals surface area contributed by atoms with Crippen LogP contribution in [-0.2, 0) is 23.8 Å². The van der Waals surface area contributed by atoms with Gasteiger partial charge in [0.2, 0.25) is 5.91 Å². The molecule has 0 saturated carbocycles. The topological polar surface area (TPSA) is 312 Å². The summed E-state index contributed by atoms with van der Waals surface area (Å²) in [5, 5.41) is 50.1. The van der Waals surface area contributed by atoms with Crippen LogP contribution >= 0.6 is 0 Å². The highest BCUT2D eigenvalue weighted by atomic mass is 16.7. The molecule has 10 atom stereocenters. The SMILES string of the molecule is CCCCCCCCCCCCCCCCC(=O)[C@H](NCCCC(=O)NCCCCN=C(N)N)[C@H](O[C@@H]1O[C@H](CN)[C@@H](O)[C@H]1O)[C@H]1O[C@@H](n2ccc(=O)[nH]c2=O)[C@H](O)[C@@H]1O.